The SMILES string of the molecule is CCCCC[Si](OC)OC. The van der Waals surface area contributed by atoms with Crippen LogP contribution in [0.4, 0.5) is 0 Å². The Kier molecular flexibility index (Phi) is 7.35. The van der Waals surface area contributed by atoms with E-state index in [4.69, 9.17) is 8.85 Å². The molecule has 0 aromatic heterocycles. The second-order valence-corrected chi connectivity index (χ2v) is 4.30. The first-order valence-electron chi connectivity index (χ1n) is 3.79. The zero-order valence-corrected chi connectivity index (χ0v) is 8.14. The third-order valence-electron chi connectivity index (χ3n) is 1.44. The molecule has 0 aliphatic rings. The largest absolute Gasteiger partial charge is 0.397 e. The lowest BCUT2D eigenvalue weighted by Crippen LogP contribution is -2.18. The molecule has 0 fully saturated rings. The van der Waals surface area contributed by atoms with Crippen molar-refractivity contribution in [3.05, 3.63) is 0 Å². The molecule has 3 heteroatoms. The Hall–Kier alpha value is 0.137. The Morgan fingerprint density at radius 3 is 2.10 bits per heavy atom. The van der Waals surface area contributed by atoms with Crippen molar-refractivity contribution < 1.29 is 8.85 Å². The van der Waals surface area contributed by atoms with Crippen LogP contribution in [-0.2, 0) is 8.85 Å². The second-order valence-electron chi connectivity index (χ2n) is 2.24. The summed E-state index contributed by atoms with van der Waals surface area (Å²) in [5.41, 5.74) is 0. The highest BCUT2D eigenvalue weighted by molar-refractivity contribution is 6.44. The average Bonchev–Trinajstić information content (AvgIpc) is 1.99. The lowest BCUT2D eigenvalue weighted by atomic mass is 10.3. The lowest BCUT2D eigenvalue weighted by molar-refractivity contribution is 0.276. The van der Waals surface area contributed by atoms with Crippen LogP contribution in [0.1, 0.15) is 26.2 Å². The molecule has 0 amide bonds. The Balaban J connectivity index is 3.09. The Morgan fingerprint density at radius 2 is 1.70 bits per heavy atom. The van der Waals surface area contributed by atoms with Gasteiger partial charge in [-0.05, 0) is 6.04 Å². The highest BCUT2D eigenvalue weighted by Crippen LogP contribution is 2.04. The molecule has 0 unspecified atom stereocenters. The first-order valence-corrected chi connectivity index (χ1v) is 5.31. The van der Waals surface area contributed by atoms with Crippen LogP contribution in [0.25, 0.3) is 0 Å². The van der Waals surface area contributed by atoms with Gasteiger partial charge < -0.3 is 8.85 Å². The van der Waals surface area contributed by atoms with E-state index in [2.05, 4.69) is 6.92 Å². The maximum atomic E-state index is 5.13. The second kappa shape index (κ2) is 7.25. The maximum absolute atomic E-state index is 5.13. The van der Waals surface area contributed by atoms with Gasteiger partial charge >= 0.3 is 9.28 Å². The molecule has 0 aliphatic carbocycles. The Labute approximate surface area is 65.4 Å². The summed E-state index contributed by atoms with van der Waals surface area (Å²) in [6.07, 6.45) is 3.80. The molecule has 0 spiro atoms. The van der Waals surface area contributed by atoms with Crippen molar-refractivity contribution in [1.82, 2.24) is 0 Å². The highest BCUT2D eigenvalue weighted by atomic mass is 28.3. The van der Waals surface area contributed by atoms with Crippen LogP contribution in [0.5, 0.6) is 0 Å². The van der Waals surface area contributed by atoms with E-state index >= 15 is 0 Å². The minimum atomic E-state index is -0.896. The minimum absolute atomic E-state index is 0.896. The van der Waals surface area contributed by atoms with E-state index in [1.807, 2.05) is 0 Å². The van der Waals surface area contributed by atoms with Crippen LogP contribution in [0.3, 0.4) is 0 Å². The molecular weight excluding hydrogens is 144 g/mol. The number of hydrogen-bond acceptors (Lipinski definition) is 2. The van der Waals surface area contributed by atoms with E-state index in [9.17, 15) is 0 Å². The quantitative estimate of drug-likeness (QED) is 0.438. The summed E-state index contributed by atoms with van der Waals surface area (Å²) in [5, 5.41) is 0. The van der Waals surface area contributed by atoms with Gasteiger partial charge in [-0.1, -0.05) is 26.2 Å². The molecule has 0 saturated carbocycles. The van der Waals surface area contributed by atoms with Crippen molar-refractivity contribution in [2.45, 2.75) is 32.2 Å². The van der Waals surface area contributed by atoms with Crippen LogP contribution in [0.2, 0.25) is 6.04 Å². The zero-order chi connectivity index (χ0) is 7.82. The lowest BCUT2D eigenvalue weighted by Gasteiger charge is -2.07. The summed E-state index contributed by atoms with van der Waals surface area (Å²) in [5.74, 6) is 0. The molecule has 10 heavy (non-hydrogen) atoms. The number of hydrogen-bond donors (Lipinski definition) is 0. The van der Waals surface area contributed by atoms with E-state index in [-0.39, 0.29) is 0 Å². The fraction of sp³-hybridized carbons (Fsp3) is 1.00. The van der Waals surface area contributed by atoms with Gasteiger partial charge in [-0.25, -0.2) is 0 Å². The Morgan fingerprint density at radius 1 is 1.10 bits per heavy atom. The number of unbranched alkanes of at least 4 members (excludes halogenated alkanes) is 2. The highest BCUT2D eigenvalue weighted by Gasteiger charge is 2.09. The van der Waals surface area contributed by atoms with Crippen molar-refractivity contribution in [2.24, 2.45) is 0 Å². The average molecular weight is 161 g/mol. The predicted molar refractivity (Wildman–Crippen MR) is 44.1 cm³/mol. The Bertz CT molecular complexity index is 64.6. The van der Waals surface area contributed by atoms with Crippen molar-refractivity contribution in [1.29, 1.82) is 0 Å². The molecule has 0 N–H and O–H groups in total. The smallest absolute Gasteiger partial charge is 0.384 e. The van der Waals surface area contributed by atoms with Crippen LogP contribution < -0.4 is 0 Å². The van der Waals surface area contributed by atoms with Gasteiger partial charge in [0, 0.05) is 14.2 Å². The van der Waals surface area contributed by atoms with E-state index < -0.39 is 9.28 Å². The predicted octanol–water partition coefficient (Wildman–Crippen LogP) is 1.96. The minimum Gasteiger partial charge on any atom is -0.397 e. The summed E-state index contributed by atoms with van der Waals surface area (Å²) < 4.78 is 10.3. The molecule has 2 nitrogen and oxygen atoms in total. The van der Waals surface area contributed by atoms with Gasteiger partial charge in [0.15, 0.2) is 0 Å². The molecule has 0 aromatic rings. The van der Waals surface area contributed by atoms with Crippen molar-refractivity contribution in [3.63, 3.8) is 0 Å². The van der Waals surface area contributed by atoms with E-state index in [1.54, 1.807) is 14.2 Å². The first kappa shape index (κ1) is 10.1. The van der Waals surface area contributed by atoms with Gasteiger partial charge in [-0.15, -0.1) is 0 Å². The summed E-state index contributed by atoms with van der Waals surface area (Å²) in [4.78, 5) is 0. The van der Waals surface area contributed by atoms with E-state index in [1.165, 1.54) is 19.3 Å². The standard InChI is InChI=1S/C7H17O2Si/c1-4-5-6-7-10(8-2)9-3/h4-7H2,1-3H3. The maximum Gasteiger partial charge on any atom is 0.384 e. The van der Waals surface area contributed by atoms with Gasteiger partial charge in [0.2, 0.25) is 0 Å². The van der Waals surface area contributed by atoms with Crippen molar-refractivity contribution >= 4 is 9.28 Å². The normalized spacial score (nSPS) is 10.8. The number of rotatable bonds is 6. The first-order chi connectivity index (χ1) is 4.85. The van der Waals surface area contributed by atoms with Gasteiger partial charge in [0.05, 0.1) is 0 Å². The molecule has 0 rings (SSSR count). The summed E-state index contributed by atoms with van der Waals surface area (Å²) in [6, 6.07) is 1.12. The van der Waals surface area contributed by atoms with Gasteiger partial charge in [-0.3, -0.25) is 0 Å². The molecule has 0 saturated heterocycles. The summed E-state index contributed by atoms with van der Waals surface area (Å²) >= 11 is 0. The topological polar surface area (TPSA) is 18.5 Å². The molecule has 0 aromatic carbocycles. The fourth-order valence-electron chi connectivity index (χ4n) is 0.807. The third-order valence-corrected chi connectivity index (χ3v) is 3.11. The van der Waals surface area contributed by atoms with Crippen LogP contribution in [0, 0.1) is 0 Å². The van der Waals surface area contributed by atoms with E-state index in [0.717, 1.165) is 6.04 Å². The molecule has 0 bridgehead atoms. The van der Waals surface area contributed by atoms with E-state index in [0.29, 0.717) is 0 Å². The van der Waals surface area contributed by atoms with Crippen molar-refractivity contribution in [2.75, 3.05) is 14.2 Å². The van der Waals surface area contributed by atoms with Crippen LogP contribution >= 0.6 is 0 Å². The van der Waals surface area contributed by atoms with Crippen LogP contribution in [0.15, 0.2) is 0 Å². The molecular formula is C7H17O2Si. The van der Waals surface area contributed by atoms with Gasteiger partial charge in [0.25, 0.3) is 0 Å². The van der Waals surface area contributed by atoms with Gasteiger partial charge in [-0.2, -0.15) is 0 Å². The molecule has 0 heterocycles. The van der Waals surface area contributed by atoms with Crippen LogP contribution in [-0.4, -0.2) is 23.5 Å². The van der Waals surface area contributed by atoms with Gasteiger partial charge in [0.1, 0.15) is 0 Å². The molecule has 0 aliphatic heterocycles. The third kappa shape index (κ3) is 4.96. The summed E-state index contributed by atoms with van der Waals surface area (Å²) in [6.45, 7) is 2.20. The zero-order valence-electron chi connectivity index (χ0n) is 7.14. The molecule has 0 atom stereocenters. The molecule has 61 valence electrons. The molecule has 1 radical (unpaired) electrons. The fourth-order valence-corrected chi connectivity index (χ4v) is 1.92. The van der Waals surface area contributed by atoms with Crippen molar-refractivity contribution in [3.8, 4) is 0 Å². The monoisotopic (exact) mass is 161 g/mol. The summed E-state index contributed by atoms with van der Waals surface area (Å²) in [7, 11) is 2.56.